The van der Waals surface area contributed by atoms with Crippen LogP contribution in [0.15, 0.2) is 205 Å². The Labute approximate surface area is 360 Å². The molecule has 0 radical (unpaired) electrons. The SMILES string of the molecule is c1ccc(-c2nc(-c3ccccc3)nc(-c3cccc(-n4c5ccccc5c5ccc6c(c7ccccc7n6-c6ccnc(-c7ccc8oc9ccccc9c8c7)n6)c54)c3)n2)cc1. The minimum Gasteiger partial charge on any atom is -0.456 e. The molecule has 294 valence electrons. The minimum atomic E-state index is 0.603. The highest BCUT2D eigenvalue weighted by Crippen LogP contribution is 2.42. The molecule has 0 saturated heterocycles. The highest BCUT2D eigenvalue weighted by Gasteiger charge is 2.22. The summed E-state index contributed by atoms with van der Waals surface area (Å²) >= 11 is 0. The minimum absolute atomic E-state index is 0.603. The van der Waals surface area contributed by atoms with Crippen LogP contribution in [0.5, 0.6) is 0 Å². The second kappa shape index (κ2) is 13.9. The Morgan fingerprint density at radius 2 is 0.952 bits per heavy atom. The maximum atomic E-state index is 6.14. The van der Waals surface area contributed by atoms with E-state index in [1.54, 1.807) is 0 Å². The summed E-state index contributed by atoms with van der Waals surface area (Å²) in [6.07, 6.45) is 1.85. The Balaban J connectivity index is 1.02. The van der Waals surface area contributed by atoms with Gasteiger partial charge in [0.05, 0.1) is 22.1 Å². The monoisotopic (exact) mass is 807 g/mol. The number of hydrogen-bond donors (Lipinski definition) is 0. The van der Waals surface area contributed by atoms with Gasteiger partial charge in [-0.2, -0.15) is 0 Å². The zero-order chi connectivity index (χ0) is 41.4. The second-order valence-corrected chi connectivity index (χ2v) is 15.7. The van der Waals surface area contributed by atoms with Crippen molar-refractivity contribution in [1.29, 1.82) is 0 Å². The van der Waals surface area contributed by atoms with Gasteiger partial charge in [0.2, 0.25) is 0 Å². The molecule has 5 aromatic heterocycles. The van der Waals surface area contributed by atoms with Crippen molar-refractivity contribution in [2.75, 3.05) is 0 Å². The maximum Gasteiger partial charge on any atom is 0.164 e. The maximum absolute atomic E-state index is 6.14. The molecule has 0 bridgehead atoms. The van der Waals surface area contributed by atoms with Gasteiger partial charge in [0.15, 0.2) is 23.3 Å². The molecule has 0 amide bonds. The van der Waals surface area contributed by atoms with Gasteiger partial charge in [-0.15, -0.1) is 0 Å². The third-order valence-corrected chi connectivity index (χ3v) is 12.0. The van der Waals surface area contributed by atoms with Crippen molar-refractivity contribution in [2.45, 2.75) is 0 Å². The van der Waals surface area contributed by atoms with E-state index < -0.39 is 0 Å². The van der Waals surface area contributed by atoms with Crippen LogP contribution in [0.25, 0.3) is 123 Å². The first kappa shape index (κ1) is 35.0. The highest BCUT2D eigenvalue weighted by atomic mass is 16.3. The van der Waals surface area contributed by atoms with Crippen LogP contribution < -0.4 is 0 Å². The van der Waals surface area contributed by atoms with Gasteiger partial charge in [0.25, 0.3) is 0 Å². The summed E-state index contributed by atoms with van der Waals surface area (Å²) in [5.74, 6) is 3.28. The van der Waals surface area contributed by atoms with E-state index in [4.69, 9.17) is 29.3 Å². The quantitative estimate of drug-likeness (QED) is 0.166. The molecule has 63 heavy (non-hydrogen) atoms. The van der Waals surface area contributed by atoms with Crippen LogP contribution >= 0.6 is 0 Å². The first-order valence-electron chi connectivity index (χ1n) is 20.9. The molecule has 0 N–H and O–H groups in total. The van der Waals surface area contributed by atoms with Gasteiger partial charge in [0, 0.05) is 66.5 Å². The summed E-state index contributed by atoms with van der Waals surface area (Å²) in [7, 11) is 0. The van der Waals surface area contributed by atoms with E-state index in [0.717, 1.165) is 93.9 Å². The van der Waals surface area contributed by atoms with E-state index in [9.17, 15) is 0 Å². The molecule has 8 aromatic carbocycles. The van der Waals surface area contributed by atoms with Crippen molar-refractivity contribution in [1.82, 2.24) is 34.1 Å². The average Bonchev–Trinajstić information content (AvgIpc) is 4.02. The van der Waals surface area contributed by atoms with Crippen LogP contribution in [0, 0.1) is 0 Å². The lowest BCUT2D eigenvalue weighted by molar-refractivity contribution is 0.669. The highest BCUT2D eigenvalue weighted by molar-refractivity contribution is 6.26. The zero-order valence-corrected chi connectivity index (χ0v) is 33.6. The molecule has 0 saturated carbocycles. The van der Waals surface area contributed by atoms with Crippen LogP contribution in [0.2, 0.25) is 0 Å². The van der Waals surface area contributed by atoms with Crippen molar-refractivity contribution >= 4 is 65.6 Å². The van der Waals surface area contributed by atoms with Gasteiger partial charge in [-0.3, -0.25) is 4.57 Å². The predicted octanol–water partition coefficient (Wildman–Crippen LogP) is 13.4. The first-order valence-corrected chi connectivity index (χ1v) is 20.9. The third kappa shape index (κ3) is 5.58. The van der Waals surface area contributed by atoms with Gasteiger partial charge in [-0.1, -0.05) is 133 Å². The molecule has 0 fully saturated rings. The van der Waals surface area contributed by atoms with Crippen molar-refractivity contribution in [2.24, 2.45) is 0 Å². The Bertz CT molecular complexity index is 3870. The van der Waals surface area contributed by atoms with Crippen LogP contribution in [0.3, 0.4) is 0 Å². The van der Waals surface area contributed by atoms with Crippen molar-refractivity contribution in [3.8, 4) is 57.1 Å². The molecule has 0 spiro atoms. The van der Waals surface area contributed by atoms with Gasteiger partial charge >= 0.3 is 0 Å². The molecule has 8 nitrogen and oxygen atoms in total. The number of para-hydroxylation sites is 3. The standard InChI is InChI=1S/C55H33N7O/c1-3-14-34(15-4-1)53-58-54(35-16-5-2-6-17-35)60-55(59-53)36-18-13-19-38(32-36)61-44-23-10-7-20-39(44)41-27-28-46-50(51(41)61)42-22-8-11-24-45(42)62(46)49-30-31-56-52(57-49)37-26-29-48-43(33-37)40-21-9-12-25-47(40)63-48/h1-33H. The third-order valence-electron chi connectivity index (χ3n) is 12.0. The summed E-state index contributed by atoms with van der Waals surface area (Å²) < 4.78 is 10.8. The zero-order valence-electron chi connectivity index (χ0n) is 33.6. The van der Waals surface area contributed by atoms with Crippen molar-refractivity contribution < 1.29 is 4.42 Å². The molecule has 0 aliphatic rings. The summed E-state index contributed by atoms with van der Waals surface area (Å²) in [6, 6.07) is 66.7. The molecule has 0 aliphatic carbocycles. The molecule has 0 atom stereocenters. The number of nitrogens with zero attached hydrogens (tertiary/aromatic N) is 7. The first-order chi connectivity index (χ1) is 31.2. The lowest BCUT2D eigenvalue weighted by Gasteiger charge is -2.12. The fraction of sp³-hybridized carbons (Fsp3) is 0. The fourth-order valence-electron chi connectivity index (χ4n) is 9.22. The van der Waals surface area contributed by atoms with E-state index in [0.29, 0.717) is 23.3 Å². The van der Waals surface area contributed by atoms with Crippen LogP contribution in [0.4, 0.5) is 0 Å². The van der Waals surface area contributed by atoms with Gasteiger partial charge < -0.3 is 8.98 Å². The van der Waals surface area contributed by atoms with Gasteiger partial charge in [-0.05, 0) is 60.7 Å². The van der Waals surface area contributed by atoms with Crippen LogP contribution in [-0.2, 0) is 0 Å². The second-order valence-electron chi connectivity index (χ2n) is 15.7. The Hall–Kier alpha value is -8.75. The van der Waals surface area contributed by atoms with E-state index in [2.05, 4.69) is 106 Å². The van der Waals surface area contributed by atoms with E-state index in [-0.39, 0.29) is 0 Å². The molecular weight excluding hydrogens is 775 g/mol. The van der Waals surface area contributed by atoms with Crippen LogP contribution in [0.1, 0.15) is 0 Å². The van der Waals surface area contributed by atoms with E-state index in [1.807, 2.05) is 103 Å². The Morgan fingerprint density at radius 3 is 1.71 bits per heavy atom. The number of fused-ring (bicyclic) bond motifs is 10. The van der Waals surface area contributed by atoms with Gasteiger partial charge in [0.1, 0.15) is 17.0 Å². The number of benzene rings is 8. The van der Waals surface area contributed by atoms with Gasteiger partial charge in [-0.25, -0.2) is 24.9 Å². The summed E-state index contributed by atoms with van der Waals surface area (Å²) in [5.41, 5.74) is 10.7. The lowest BCUT2D eigenvalue weighted by Crippen LogP contribution is -2.01. The van der Waals surface area contributed by atoms with Crippen LogP contribution in [-0.4, -0.2) is 34.1 Å². The molecule has 13 aromatic rings. The summed E-state index contributed by atoms with van der Waals surface area (Å²) in [6.45, 7) is 0. The van der Waals surface area contributed by atoms with Crippen molar-refractivity contribution in [3.05, 3.63) is 200 Å². The average molecular weight is 808 g/mol. The van der Waals surface area contributed by atoms with E-state index in [1.165, 1.54) is 5.39 Å². The fourth-order valence-corrected chi connectivity index (χ4v) is 9.22. The molecule has 13 rings (SSSR count). The summed E-state index contributed by atoms with van der Waals surface area (Å²) in [5, 5.41) is 6.70. The topological polar surface area (TPSA) is 87.5 Å². The Morgan fingerprint density at radius 1 is 0.349 bits per heavy atom. The smallest absolute Gasteiger partial charge is 0.164 e. The number of aromatic nitrogens is 7. The molecule has 0 aliphatic heterocycles. The lowest BCUT2D eigenvalue weighted by atomic mass is 10.1. The molecular formula is C55H33N7O. The normalized spacial score (nSPS) is 11.8. The van der Waals surface area contributed by atoms with E-state index >= 15 is 0 Å². The summed E-state index contributed by atoms with van der Waals surface area (Å²) in [4.78, 5) is 25.1. The largest absolute Gasteiger partial charge is 0.456 e. The molecule has 8 heteroatoms. The predicted molar refractivity (Wildman–Crippen MR) is 253 cm³/mol. The number of furan rings is 1. The number of rotatable bonds is 6. The molecule has 0 unspecified atom stereocenters. The number of hydrogen-bond acceptors (Lipinski definition) is 6. The van der Waals surface area contributed by atoms with Crippen molar-refractivity contribution in [3.63, 3.8) is 0 Å². The molecule has 5 heterocycles. The Kier molecular flexibility index (Phi) is 7.74.